The molecular weight excluding hydrogens is 392 g/mol. The van der Waals surface area contributed by atoms with Crippen molar-refractivity contribution in [3.8, 4) is 5.88 Å². The molecule has 0 aliphatic carbocycles. The Balaban J connectivity index is 1.62. The first-order valence-electron chi connectivity index (χ1n) is 10.4. The van der Waals surface area contributed by atoms with Gasteiger partial charge in [0.25, 0.3) is 5.56 Å². The summed E-state index contributed by atoms with van der Waals surface area (Å²) in [6.07, 6.45) is 1.41. The molecule has 3 heterocycles. The lowest BCUT2D eigenvalue weighted by Gasteiger charge is -2.33. The smallest absolute Gasteiger partial charge is 0.331 e. The highest BCUT2D eigenvalue weighted by molar-refractivity contribution is 5.85. The lowest BCUT2D eigenvalue weighted by Crippen LogP contribution is -2.40. The van der Waals surface area contributed by atoms with Gasteiger partial charge in [-0.25, -0.2) is 4.79 Å². The summed E-state index contributed by atoms with van der Waals surface area (Å²) in [5.41, 5.74) is 3.14. The number of aromatic amines is 2. The second-order valence-electron chi connectivity index (χ2n) is 8.08. The highest BCUT2D eigenvalue weighted by Gasteiger charge is 2.34. The Bertz CT molecular complexity index is 1370. The molecule has 3 N–H and O–H groups in total. The summed E-state index contributed by atoms with van der Waals surface area (Å²) in [5, 5.41) is 12.2. The van der Waals surface area contributed by atoms with Crippen LogP contribution in [0, 0.1) is 0 Å². The van der Waals surface area contributed by atoms with E-state index in [0.717, 1.165) is 40.7 Å². The highest BCUT2D eigenvalue weighted by Crippen LogP contribution is 2.38. The Kier molecular flexibility index (Phi) is 4.75. The number of aryl methyl sites for hydroxylation is 1. The van der Waals surface area contributed by atoms with Crippen LogP contribution < -0.4 is 11.2 Å². The molecule has 0 saturated carbocycles. The maximum absolute atomic E-state index is 12.9. The second kappa shape index (κ2) is 7.59. The molecule has 7 nitrogen and oxygen atoms in total. The minimum atomic E-state index is -0.600. The molecule has 0 amide bonds. The standard InChI is InChI=1S/C24H24N4O3/c1-27-13-12-17-16-9-5-6-10-18(16)25-20(17)21(27)19-22(29)26-24(31)28(23(19)30)14-11-15-7-3-2-4-8-15/h2-10,21,25,30H,11-14H2,1H3,(H,26,29,31)/t21-/m0/s1. The van der Waals surface area contributed by atoms with Gasteiger partial charge in [0, 0.05) is 29.7 Å². The number of para-hydroxylation sites is 1. The molecule has 4 aromatic rings. The molecule has 2 aromatic carbocycles. The van der Waals surface area contributed by atoms with Crippen molar-refractivity contribution in [2.45, 2.75) is 25.4 Å². The summed E-state index contributed by atoms with van der Waals surface area (Å²) >= 11 is 0. The van der Waals surface area contributed by atoms with Crippen molar-refractivity contribution in [2.75, 3.05) is 13.6 Å². The minimum Gasteiger partial charge on any atom is -0.494 e. The maximum atomic E-state index is 12.9. The Morgan fingerprint density at radius 1 is 1.03 bits per heavy atom. The average Bonchev–Trinajstić information content (AvgIpc) is 3.14. The fourth-order valence-corrected chi connectivity index (χ4v) is 4.64. The summed E-state index contributed by atoms with van der Waals surface area (Å²) in [5.74, 6) is -0.270. The number of nitrogens with zero attached hydrogens (tertiary/aromatic N) is 2. The quantitative estimate of drug-likeness (QED) is 0.477. The Morgan fingerprint density at radius 2 is 1.77 bits per heavy atom. The van der Waals surface area contributed by atoms with Crippen LogP contribution in [0.2, 0.25) is 0 Å². The fraction of sp³-hybridized carbons (Fsp3) is 0.250. The van der Waals surface area contributed by atoms with Gasteiger partial charge < -0.3 is 10.1 Å². The van der Waals surface area contributed by atoms with Crippen LogP contribution in [0.15, 0.2) is 64.2 Å². The van der Waals surface area contributed by atoms with Crippen LogP contribution >= 0.6 is 0 Å². The van der Waals surface area contributed by atoms with Gasteiger partial charge in [0.05, 0.1) is 6.04 Å². The van der Waals surface area contributed by atoms with E-state index in [1.54, 1.807) is 0 Å². The molecule has 0 radical (unpaired) electrons. The largest absolute Gasteiger partial charge is 0.494 e. The van der Waals surface area contributed by atoms with Gasteiger partial charge in [0.15, 0.2) is 0 Å². The van der Waals surface area contributed by atoms with Gasteiger partial charge in [0.1, 0.15) is 5.56 Å². The molecule has 0 bridgehead atoms. The maximum Gasteiger partial charge on any atom is 0.331 e. The van der Waals surface area contributed by atoms with Gasteiger partial charge in [-0.3, -0.25) is 19.2 Å². The van der Waals surface area contributed by atoms with Gasteiger partial charge in [-0.1, -0.05) is 48.5 Å². The third-order valence-electron chi connectivity index (χ3n) is 6.22. The van der Waals surface area contributed by atoms with Crippen molar-refractivity contribution in [3.63, 3.8) is 0 Å². The van der Waals surface area contributed by atoms with Gasteiger partial charge >= 0.3 is 5.69 Å². The summed E-state index contributed by atoms with van der Waals surface area (Å²) in [6, 6.07) is 17.3. The van der Waals surface area contributed by atoms with Crippen molar-refractivity contribution in [3.05, 3.63) is 97.8 Å². The number of H-pyrrole nitrogens is 2. The molecule has 5 rings (SSSR count). The van der Waals surface area contributed by atoms with Crippen LogP contribution in [0.25, 0.3) is 10.9 Å². The number of likely N-dealkylation sites (N-methyl/N-ethyl adjacent to an activating group) is 1. The summed E-state index contributed by atoms with van der Waals surface area (Å²) < 4.78 is 1.26. The van der Waals surface area contributed by atoms with E-state index >= 15 is 0 Å². The van der Waals surface area contributed by atoms with Crippen LogP contribution in [-0.2, 0) is 19.4 Å². The van der Waals surface area contributed by atoms with Crippen molar-refractivity contribution < 1.29 is 5.11 Å². The number of aromatic hydroxyl groups is 1. The van der Waals surface area contributed by atoms with Crippen molar-refractivity contribution >= 4 is 10.9 Å². The molecule has 1 atom stereocenters. The molecule has 1 aliphatic rings. The molecule has 2 aromatic heterocycles. The predicted octanol–water partition coefficient (Wildman–Crippen LogP) is 2.54. The van der Waals surface area contributed by atoms with E-state index in [1.165, 1.54) is 4.57 Å². The Hall–Kier alpha value is -3.58. The molecule has 1 aliphatic heterocycles. The summed E-state index contributed by atoms with van der Waals surface area (Å²) in [6.45, 7) is 1.01. The van der Waals surface area contributed by atoms with E-state index in [0.29, 0.717) is 6.42 Å². The number of aromatic nitrogens is 3. The molecule has 158 valence electrons. The third-order valence-corrected chi connectivity index (χ3v) is 6.22. The van der Waals surface area contributed by atoms with Gasteiger partial charge in [0.2, 0.25) is 5.88 Å². The summed E-state index contributed by atoms with van der Waals surface area (Å²) in [7, 11) is 1.93. The monoisotopic (exact) mass is 416 g/mol. The van der Waals surface area contributed by atoms with E-state index in [4.69, 9.17) is 0 Å². The molecular formula is C24H24N4O3. The number of hydrogen-bond acceptors (Lipinski definition) is 4. The molecule has 0 unspecified atom stereocenters. The first-order chi connectivity index (χ1) is 15.0. The Labute approximate surface area is 178 Å². The molecule has 0 spiro atoms. The lowest BCUT2D eigenvalue weighted by molar-refractivity contribution is 0.250. The minimum absolute atomic E-state index is 0.197. The van der Waals surface area contributed by atoms with E-state index in [2.05, 4.69) is 16.0 Å². The van der Waals surface area contributed by atoms with Crippen molar-refractivity contribution in [1.29, 1.82) is 0 Å². The molecule has 7 heteroatoms. The summed E-state index contributed by atoms with van der Waals surface area (Å²) in [4.78, 5) is 33.3. The van der Waals surface area contributed by atoms with Crippen LogP contribution in [0.4, 0.5) is 0 Å². The van der Waals surface area contributed by atoms with Crippen LogP contribution in [-0.4, -0.2) is 38.1 Å². The topological polar surface area (TPSA) is 94.1 Å². The third kappa shape index (κ3) is 3.27. The average molecular weight is 416 g/mol. The zero-order valence-electron chi connectivity index (χ0n) is 17.3. The van der Waals surface area contributed by atoms with Crippen LogP contribution in [0.5, 0.6) is 5.88 Å². The number of hydrogen-bond donors (Lipinski definition) is 3. The van der Waals surface area contributed by atoms with Gasteiger partial charge in [-0.05, 0) is 37.1 Å². The number of rotatable bonds is 4. The van der Waals surface area contributed by atoms with Crippen molar-refractivity contribution in [2.24, 2.45) is 0 Å². The molecule has 0 saturated heterocycles. The first-order valence-corrected chi connectivity index (χ1v) is 10.4. The van der Waals surface area contributed by atoms with Crippen molar-refractivity contribution in [1.82, 2.24) is 19.4 Å². The van der Waals surface area contributed by atoms with E-state index in [9.17, 15) is 14.7 Å². The normalized spacial score (nSPS) is 16.5. The fourth-order valence-electron chi connectivity index (χ4n) is 4.64. The first kappa shape index (κ1) is 19.4. The van der Waals surface area contributed by atoms with Gasteiger partial charge in [-0.15, -0.1) is 0 Å². The Morgan fingerprint density at radius 3 is 2.58 bits per heavy atom. The molecule has 31 heavy (non-hydrogen) atoms. The second-order valence-corrected chi connectivity index (χ2v) is 8.08. The van der Waals surface area contributed by atoms with E-state index < -0.39 is 17.3 Å². The lowest BCUT2D eigenvalue weighted by atomic mass is 9.94. The van der Waals surface area contributed by atoms with Crippen LogP contribution in [0.3, 0.4) is 0 Å². The van der Waals surface area contributed by atoms with Gasteiger partial charge in [-0.2, -0.15) is 0 Å². The number of nitrogens with one attached hydrogen (secondary N) is 2. The zero-order valence-corrected chi connectivity index (χ0v) is 17.3. The van der Waals surface area contributed by atoms with E-state index in [-0.39, 0.29) is 18.0 Å². The molecule has 0 fully saturated rings. The number of fused-ring (bicyclic) bond motifs is 3. The zero-order chi connectivity index (χ0) is 21.5. The van der Waals surface area contributed by atoms with E-state index in [1.807, 2.05) is 60.5 Å². The number of benzene rings is 2. The predicted molar refractivity (Wildman–Crippen MR) is 120 cm³/mol. The van der Waals surface area contributed by atoms with Crippen LogP contribution in [0.1, 0.15) is 28.4 Å². The highest BCUT2D eigenvalue weighted by atomic mass is 16.3. The SMILES string of the molecule is CN1CCc2c([nH]c3ccccc23)[C@@H]1c1c(O)n(CCc2ccccc2)c(=O)[nH]c1=O.